The first-order chi connectivity index (χ1) is 33.5. The Labute approximate surface area is 421 Å². The summed E-state index contributed by atoms with van der Waals surface area (Å²) >= 11 is 0. The summed E-state index contributed by atoms with van der Waals surface area (Å²) in [6, 6.07) is 0. The van der Waals surface area contributed by atoms with Gasteiger partial charge in [0.1, 0.15) is 13.2 Å². The number of unbranched alkanes of at least 4 members (excludes halogenated alkanes) is 29. The molecule has 0 amide bonds. The lowest BCUT2D eigenvalue weighted by molar-refractivity contribution is -0.167. The van der Waals surface area contributed by atoms with Crippen molar-refractivity contribution in [3.05, 3.63) is 72.9 Å². The fourth-order valence-electron chi connectivity index (χ4n) is 8.00. The Kier molecular flexibility index (Phi) is 53.8. The summed E-state index contributed by atoms with van der Waals surface area (Å²) in [5.41, 5.74) is 0. The van der Waals surface area contributed by atoms with E-state index in [4.69, 9.17) is 14.2 Å². The zero-order valence-electron chi connectivity index (χ0n) is 44.9. The average Bonchev–Trinajstić information content (AvgIpc) is 3.34. The maximum atomic E-state index is 12.9. The first kappa shape index (κ1) is 64.8. The first-order valence-electron chi connectivity index (χ1n) is 28.9. The quantitative estimate of drug-likeness (QED) is 0.0262. The molecule has 68 heavy (non-hydrogen) atoms. The summed E-state index contributed by atoms with van der Waals surface area (Å²) in [4.78, 5) is 38.2. The van der Waals surface area contributed by atoms with E-state index in [2.05, 4.69) is 93.7 Å². The molecule has 0 aliphatic heterocycles. The zero-order valence-corrected chi connectivity index (χ0v) is 44.9. The van der Waals surface area contributed by atoms with Crippen LogP contribution in [0.4, 0.5) is 0 Å². The molecule has 392 valence electrons. The Bertz CT molecular complexity index is 1270. The molecule has 0 aliphatic carbocycles. The van der Waals surface area contributed by atoms with Crippen LogP contribution >= 0.6 is 0 Å². The third kappa shape index (κ3) is 53.8. The number of esters is 3. The van der Waals surface area contributed by atoms with Crippen molar-refractivity contribution in [2.24, 2.45) is 0 Å². The predicted molar refractivity (Wildman–Crippen MR) is 293 cm³/mol. The van der Waals surface area contributed by atoms with Crippen molar-refractivity contribution in [2.75, 3.05) is 13.2 Å². The molecule has 0 fully saturated rings. The van der Waals surface area contributed by atoms with Gasteiger partial charge in [0.05, 0.1) is 0 Å². The smallest absolute Gasteiger partial charge is 0.306 e. The van der Waals surface area contributed by atoms with Gasteiger partial charge in [0.2, 0.25) is 0 Å². The average molecular weight is 950 g/mol. The predicted octanol–water partition coefficient (Wildman–Crippen LogP) is 19.4. The van der Waals surface area contributed by atoms with Crippen molar-refractivity contribution >= 4 is 17.9 Å². The molecule has 0 radical (unpaired) electrons. The van der Waals surface area contributed by atoms with Crippen LogP contribution in [-0.4, -0.2) is 37.2 Å². The molecule has 0 rings (SSSR count). The van der Waals surface area contributed by atoms with Crippen LogP contribution in [0.5, 0.6) is 0 Å². The second-order valence-electron chi connectivity index (χ2n) is 19.2. The molecule has 0 saturated heterocycles. The van der Waals surface area contributed by atoms with Crippen molar-refractivity contribution in [3.63, 3.8) is 0 Å². The number of ether oxygens (including phenoxy) is 3. The van der Waals surface area contributed by atoms with Gasteiger partial charge < -0.3 is 14.2 Å². The van der Waals surface area contributed by atoms with Crippen LogP contribution in [-0.2, 0) is 28.6 Å². The molecule has 0 aromatic heterocycles. The molecular weight excluding hydrogens is 841 g/mol. The normalized spacial score (nSPS) is 12.6. The Hall–Kier alpha value is -3.15. The minimum absolute atomic E-state index is 0.0870. The summed E-state index contributed by atoms with van der Waals surface area (Å²) in [5, 5.41) is 0. The standard InChI is InChI=1S/C62H108O6/c1-4-7-10-13-16-19-22-25-28-30-32-34-37-40-43-46-49-52-55-61(64)67-58-59(57-66-60(63)54-51-48-45-42-39-36-33-27-24-21-18-15-12-9-6-3)68-62(65)56-53-50-47-44-41-38-35-31-29-26-23-20-17-14-11-8-5-2/h17-22,26-30,33,59H,4-16,23-25,31-32,34-58H2,1-3H3/b20-17-,21-18-,22-19-,29-26-,30-28-,33-27-. The molecule has 6 heteroatoms. The minimum Gasteiger partial charge on any atom is -0.462 e. The Morgan fingerprint density at radius 2 is 0.529 bits per heavy atom. The van der Waals surface area contributed by atoms with Gasteiger partial charge in [-0.25, -0.2) is 0 Å². The third-order valence-corrected chi connectivity index (χ3v) is 12.4. The van der Waals surface area contributed by atoms with Crippen LogP contribution in [0.25, 0.3) is 0 Å². The van der Waals surface area contributed by atoms with E-state index in [0.717, 1.165) is 103 Å². The lowest BCUT2D eigenvalue weighted by Gasteiger charge is -2.18. The van der Waals surface area contributed by atoms with Crippen molar-refractivity contribution < 1.29 is 28.6 Å². The lowest BCUT2D eigenvalue weighted by Crippen LogP contribution is -2.30. The molecule has 0 aromatic rings. The maximum absolute atomic E-state index is 12.9. The molecule has 0 N–H and O–H groups in total. The Balaban J connectivity index is 4.42. The van der Waals surface area contributed by atoms with E-state index < -0.39 is 6.10 Å². The summed E-state index contributed by atoms with van der Waals surface area (Å²) in [5.74, 6) is -0.908. The van der Waals surface area contributed by atoms with Gasteiger partial charge in [0.15, 0.2) is 6.10 Å². The molecule has 0 bridgehead atoms. The molecule has 0 spiro atoms. The van der Waals surface area contributed by atoms with Crippen LogP contribution in [0, 0.1) is 0 Å². The summed E-state index contributed by atoms with van der Waals surface area (Å²) < 4.78 is 16.9. The Morgan fingerprint density at radius 1 is 0.294 bits per heavy atom. The number of carbonyl (C=O) groups is 3. The molecule has 1 atom stereocenters. The van der Waals surface area contributed by atoms with Crippen molar-refractivity contribution in [2.45, 2.75) is 290 Å². The lowest BCUT2D eigenvalue weighted by atomic mass is 10.1. The molecule has 0 aromatic carbocycles. The second-order valence-corrected chi connectivity index (χ2v) is 19.2. The Morgan fingerprint density at radius 3 is 0.838 bits per heavy atom. The number of hydrogen-bond acceptors (Lipinski definition) is 6. The van der Waals surface area contributed by atoms with Gasteiger partial charge in [-0.15, -0.1) is 0 Å². The van der Waals surface area contributed by atoms with Crippen molar-refractivity contribution in [1.29, 1.82) is 0 Å². The summed E-state index contributed by atoms with van der Waals surface area (Å²) in [6.07, 6.45) is 71.6. The van der Waals surface area contributed by atoms with Gasteiger partial charge in [0, 0.05) is 19.3 Å². The van der Waals surface area contributed by atoms with E-state index in [0.29, 0.717) is 19.3 Å². The fourth-order valence-corrected chi connectivity index (χ4v) is 8.00. The van der Waals surface area contributed by atoms with E-state index in [-0.39, 0.29) is 31.1 Å². The molecule has 0 saturated carbocycles. The highest BCUT2D eigenvalue weighted by molar-refractivity contribution is 5.71. The first-order valence-corrected chi connectivity index (χ1v) is 28.9. The molecule has 6 nitrogen and oxygen atoms in total. The van der Waals surface area contributed by atoms with E-state index in [9.17, 15) is 14.4 Å². The van der Waals surface area contributed by atoms with Gasteiger partial charge in [-0.3, -0.25) is 14.4 Å². The van der Waals surface area contributed by atoms with Gasteiger partial charge in [-0.05, 0) is 116 Å². The van der Waals surface area contributed by atoms with Gasteiger partial charge in [-0.1, -0.05) is 222 Å². The zero-order chi connectivity index (χ0) is 49.3. The van der Waals surface area contributed by atoms with E-state index in [1.165, 1.54) is 141 Å². The third-order valence-electron chi connectivity index (χ3n) is 12.4. The van der Waals surface area contributed by atoms with E-state index in [1.807, 2.05) is 0 Å². The topological polar surface area (TPSA) is 78.9 Å². The number of rotatable bonds is 52. The minimum atomic E-state index is -0.789. The van der Waals surface area contributed by atoms with Crippen molar-refractivity contribution in [1.82, 2.24) is 0 Å². The monoisotopic (exact) mass is 949 g/mol. The summed E-state index contributed by atoms with van der Waals surface area (Å²) in [7, 11) is 0. The maximum Gasteiger partial charge on any atom is 0.306 e. The highest BCUT2D eigenvalue weighted by atomic mass is 16.6. The number of allylic oxidation sites excluding steroid dienone is 12. The molecule has 0 aliphatic rings. The largest absolute Gasteiger partial charge is 0.462 e. The van der Waals surface area contributed by atoms with Gasteiger partial charge >= 0.3 is 17.9 Å². The van der Waals surface area contributed by atoms with Crippen LogP contribution in [0.15, 0.2) is 72.9 Å². The van der Waals surface area contributed by atoms with Crippen LogP contribution < -0.4 is 0 Å². The van der Waals surface area contributed by atoms with E-state index in [1.54, 1.807) is 0 Å². The fraction of sp³-hybridized carbons (Fsp3) is 0.758. The highest BCUT2D eigenvalue weighted by Crippen LogP contribution is 2.15. The number of carbonyl (C=O) groups excluding carboxylic acids is 3. The molecule has 0 heterocycles. The van der Waals surface area contributed by atoms with E-state index >= 15 is 0 Å². The van der Waals surface area contributed by atoms with Gasteiger partial charge in [-0.2, -0.15) is 0 Å². The molecular formula is C62H108O6. The van der Waals surface area contributed by atoms with Crippen LogP contribution in [0.2, 0.25) is 0 Å². The number of hydrogen-bond donors (Lipinski definition) is 0. The van der Waals surface area contributed by atoms with Crippen LogP contribution in [0.1, 0.15) is 284 Å². The summed E-state index contributed by atoms with van der Waals surface area (Å²) in [6.45, 7) is 6.56. The molecule has 1 unspecified atom stereocenters. The van der Waals surface area contributed by atoms with Crippen LogP contribution in [0.3, 0.4) is 0 Å². The SMILES string of the molecule is CCCCC/C=C\C/C=C\CCCCCCCCCC(=O)OC(COC(=O)CCCCCCC/C=C\C/C=C\CCCCC)COC(=O)CCCCCCCCC/C=C\C/C=C\CCCCCC. The van der Waals surface area contributed by atoms with Gasteiger partial charge in [0.25, 0.3) is 0 Å². The van der Waals surface area contributed by atoms with Crippen molar-refractivity contribution in [3.8, 4) is 0 Å². The second kappa shape index (κ2) is 56.4. The highest BCUT2D eigenvalue weighted by Gasteiger charge is 2.19.